The van der Waals surface area contributed by atoms with Crippen LogP contribution >= 0.6 is 11.3 Å². The Hall–Kier alpha value is -3.07. The number of carbonyl (C=O) groups is 1. The number of halogens is 3. The van der Waals surface area contributed by atoms with E-state index in [4.69, 9.17) is 9.47 Å². The second kappa shape index (κ2) is 9.20. The van der Waals surface area contributed by atoms with Gasteiger partial charge in [-0.25, -0.2) is 9.78 Å². The number of rotatable bonds is 8. The predicted molar refractivity (Wildman–Crippen MR) is 115 cm³/mol. The van der Waals surface area contributed by atoms with E-state index in [-0.39, 0.29) is 0 Å². The Morgan fingerprint density at radius 3 is 2.41 bits per heavy atom. The van der Waals surface area contributed by atoms with Gasteiger partial charge in [0.05, 0.1) is 12.2 Å². The molecule has 0 spiro atoms. The van der Waals surface area contributed by atoms with Gasteiger partial charge in [-0.1, -0.05) is 12.1 Å². The molecule has 0 fully saturated rings. The maximum Gasteiger partial charge on any atom is 0.416 e. The third-order valence-corrected chi connectivity index (χ3v) is 5.76. The lowest BCUT2D eigenvalue weighted by Crippen LogP contribution is -2.38. The van der Waals surface area contributed by atoms with Crippen molar-refractivity contribution in [3.8, 4) is 22.1 Å². The molecule has 0 bridgehead atoms. The molecule has 0 saturated heterocycles. The van der Waals surface area contributed by atoms with Crippen molar-refractivity contribution in [2.45, 2.75) is 39.0 Å². The first-order valence-electron chi connectivity index (χ1n) is 9.74. The Bertz CT molecular complexity index is 1090. The lowest BCUT2D eigenvalue weighted by Gasteiger charge is -2.23. The summed E-state index contributed by atoms with van der Waals surface area (Å²) in [5.41, 5.74) is -0.654. The molecule has 0 saturated carbocycles. The van der Waals surface area contributed by atoms with Crippen molar-refractivity contribution in [1.29, 1.82) is 0 Å². The highest BCUT2D eigenvalue weighted by Crippen LogP contribution is 2.32. The minimum absolute atomic E-state index is 0.384. The monoisotopic (exact) mass is 465 g/mol. The molecule has 0 aliphatic rings. The summed E-state index contributed by atoms with van der Waals surface area (Å²) in [6.07, 6.45) is -2.09. The Kier molecular flexibility index (Phi) is 6.78. The molecular weight excluding hydrogens is 443 g/mol. The molecule has 0 amide bonds. The van der Waals surface area contributed by atoms with Crippen molar-refractivity contribution in [3.05, 3.63) is 64.7 Å². The molecule has 1 heterocycles. The molecule has 170 valence electrons. The highest BCUT2D eigenvalue weighted by atomic mass is 32.1. The van der Waals surface area contributed by atoms with Crippen LogP contribution in [0.1, 0.15) is 29.9 Å². The smallest absolute Gasteiger partial charge is 0.416 e. The third-order valence-electron chi connectivity index (χ3n) is 4.66. The standard InChI is InChI=1S/C23H22F3NO4S/c1-14-12-17(8-9-19(14)31-22(2,3)21(28)29)30-11-10-18-13-27-20(32-18)15-4-6-16(7-5-15)23(24,25)26/h4-9,12-13H,10-11H2,1-3H3,(H,28,29). The lowest BCUT2D eigenvalue weighted by molar-refractivity contribution is -0.152. The number of carboxylic acid groups (broad SMARTS) is 1. The van der Waals surface area contributed by atoms with Gasteiger partial charge in [0, 0.05) is 23.1 Å². The van der Waals surface area contributed by atoms with E-state index in [9.17, 15) is 23.1 Å². The van der Waals surface area contributed by atoms with Gasteiger partial charge in [0.2, 0.25) is 0 Å². The molecule has 0 unspecified atom stereocenters. The molecule has 9 heteroatoms. The number of thiazole rings is 1. The Labute approximate surface area is 187 Å². The van der Waals surface area contributed by atoms with Crippen molar-refractivity contribution in [3.63, 3.8) is 0 Å². The molecule has 2 aromatic carbocycles. The number of aromatic nitrogens is 1. The van der Waals surface area contributed by atoms with Crippen LogP contribution in [0.5, 0.6) is 11.5 Å². The Morgan fingerprint density at radius 2 is 1.81 bits per heavy atom. The van der Waals surface area contributed by atoms with Crippen LogP contribution in [0.2, 0.25) is 0 Å². The van der Waals surface area contributed by atoms with Gasteiger partial charge >= 0.3 is 12.1 Å². The highest BCUT2D eigenvalue weighted by Gasteiger charge is 2.30. The Balaban J connectivity index is 1.57. The number of aliphatic carboxylic acids is 1. The molecule has 0 aliphatic carbocycles. The van der Waals surface area contributed by atoms with E-state index in [0.29, 0.717) is 35.1 Å². The minimum Gasteiger partial charge on any atom is -0.493 e. The first-order chi connectivity index (χ1) is 15.0. The van der Waals surface area contributed by atoms with Crippen molar-refractivity contribution in [1.82, 2.24) is 4.98 Å². The fraction of sp³-hybridized carbons (Fsp3) is 0.304. The van der Waals surface area contributed by atoms with E-state index in [1.54, 1.807) is 31.3 Å². The summed E-state index contributed by atoms with van der Waals surface area (Å²) in [7, 11) is 0. The van der Waals surface area contributed by atoms with E-state index in [2.05, 4.69) is 4.98 Å². The van der Waals surface area contributed by atoms with E-state index in [1.165, 1.54) is 37.3 Å². The second-order valence-corrected chi connectivity index (χ2v) is 8.77. The number of carboxylic acids is 1. The van der Waals surface area contributed by atoms with Gasteiger partial charge in [0.25, 0.3) is 0 Å². The molecule has 0 atom stereocenters. The van der Waals surface area contributed by atoms with Crippen LogP contribution in [-0.2, 0) is 17.4 Å². The summed E-state index contributed by atoms with van der Waals surface area (Å²) in [5, 5.41) is 9.84. The van der Waals surface area contributed by atoms with E-state index in [1.807, 2.05) is 0 Å². The largest absolute Gasteiger partial charge is 0.493 e. The first kappa shape index (κ1) is 23.6. The quantitative estimate of drug-likeness (QED) is 0.442. The first-order valence-corrected chi connectivity index (χ1v) is 10.6. The van der Waals surface area contributed by atoms with Crippen LogP contribution in [0.3, 0.4) is 0 Å². The molecule has 1 aromatic heterocycles. The number of nitrogens with zero attached hydrogens (tertiary/aromatic N) is 1. The summed E-state index contributed by atoms with van der Waals surface area (Å²) < 4.78 is 49.4. The summed E-state index contributed by atoms with van der Waals surface area (Å²) in [6, 6.07) is 10.1. The van der Waals surface area contributed by atoms with E-state index in [0.717, 1.165) is 22.6 Å². The molecule has 1 N–H and O–H groups in total. The zero-order chi connectivity index (χ0) is 23.5. The summed E-state index contributed by atoms with van der Waals surface area (Å²) in [6.45, 7) is 5.15. The maximum absolute atomic E-state index is 12.7. The van der Waals surface area contributed by atoms with Gasteiger partial charge < -0.3 is 14.6 Å². The van der Waals surface area contributed by atoms with Crippen LogP contribution < -0.4 is 9.47 Å². The highest BCUT2D eigenvalue weighted by molar-refractivity contribution is 7.15. The lowest BCUT2D eigenvalue weighted by atomic mass is 10.1. The van der Waals surface area contributed by atoms with Crippen LogP contribution in [0, 0.1) is 6.92 Å². The fourth-order valence-corrected chi connectivity index (χ4v) is 3.67. The van der Waals surface area contributed by atoms with Crippen molar-refractivity contribution < 1.29 is 32.5 Å². The number of hydrogen-bond donors (Lipinski definition) is 1. The average Bonchev–Trinajstić information content (AvgIpc) is 3.18. The number of alkyl halides is 3. The minimum atomic E-state index is -4.36. The predicted octanol–water partition coefficient (Wildman–Crippen LogP) is 6.00. The van der Waals surface area contributed by atoms with E-state index < -0.39 is 23.3 Å². The van der Waals surface area contributed by atoms with Crippen LogP contribution in [0.25, 0.3) is 10.6 Å². The van der Waals surface area contributed by atoms with Gasteiger partial charge in [0.1, 0.15) is 16.5 Å². The van der Waals surface area contributed by atoms with Crippen molar-refractivity contribution in [2.24, 2.45) is 0 Å². The zero-order valence-corrected chi connectivity index (χ0v) is 18.5. The molecule has 3 aromatic rings. The molecule has 0 radical (unpaired) electrons. The summed E-state index contributed by atoms with van der Waals surface area (Å²) >= 11 is 1.40. The third kappa shape index (κ3) is 5.79. The average molecular weight is 465 g/mol. The maximum atomic E-state index is 12.7. The fourth-order valence-electron chi connectivity index (χ4n) is 2.77. The topological polar surface area (TPSA) is 68.7 Å². The summed E-state index contributed by atoms with van der Waals surface area (Å²) in [4.78, 5) is 16.5. The van der Waals surface area contributed by atoms with E-state index >= 15 is 0 Å². The van der Waals surface area contributed by atoms with Crippen LogP contribution in [-0.4, -0.2) is 28.3 Å². The van der Waals surface area contributed by atoms with Gasteiger partial charge in [-0.3, -0.25) is 0 Å². The molecule has 5 nitrogen and oxygen atoms in total. The number of benzene rings is 2. The zero-order valence-electron chi connectivity index (χ0n) is 17.7. The van der Waals surface area contributed by atoms with Crippen molar-refractivity contribution in [2.75, 3.05) is 6.61 Å². The van der Waals surface area contributed by atoms with Gasteiger partial charge in [-0.05, 0) is 56.7 Å². The molecule has 32 heavy (non-hydrogen) atoms. The second-order valence-electron chi connectivity index (χ2n) is 7.65. The van der Waals surface area contributed by atoms with Gasteiger partial charge in [0.15, 0.2) is 5.60 Å². The number of aryl methyl sites for hydroxylation is 1. The normalized spacial score (nSPS) is 11.9. The van der Waals surface area contributed by atoms with Gasteiger partial charge in [-0.15, -0.1) is 11.3 Å². The van der Waals surface area contributed by atoms with Crippen molar-refractivity contribution >= 4 is 17.3 Å². The van der Waals surface area contributed by atoms with Gasteiger partial charge in [-0.2, -0.15) is 13.2 Å². The number of ether oxygens (including phenoxy) is 2. The molecule has 0 aliphatic heterocycles. The molecular formula is C23H22F3NO4S. The molecule has 3 rings (SSSR count). The summed E-state index contributed by atoms with van der Waals surface area (Å²) in [5.74, 6) is 0.0290. The Morgan fingerprint density at radius 1 is 1.12 bits per heavy atom. The van der Waals surface area contributed by atoms with Crippen LogP contribution in [0.15, 0.2) is 48.7 Å². The number of hydrogen-bond acceptors (Lipinski definition) is 5. The van der Waals surface area contributed by atoms with Crippen LogP contribution in [0.4, 0.5) is 13.2 Å². The SMILES string of the molecule is Cc1cc(OCCc2cnc(-c3ccc(C(F)(F)F)cc3)s2)ccc1OC(C)(C)C(=O)O.